The smallest absolute Gasteiger partial charge is 0.182 e. The zero-order valence-corrected chi connectivity index (χ0v) is 5.38. The Morgan fingerprint density at radius 1 is 1.78 bits per heavy atom. The van der Waals surface area contributed by atoms with Gasteiger partial charge in [-0.15, -0.1) is 6.58 Å². The Labute approximate surface area is 55.2 Å². The van der Waals surface area contributed by atoms with Crippen LogP contribution in [0.15, 0.2) is 25.1 Å². The first-order valence-corrected chi connectivity index (χ1v) is 3.03. The van der Waals surface area contributed by atoms with Crippen LogP contribution in [0.1, 0.15) is 0 Å². The Balaban J connectivity index is 2.36. The first-order chi connectivity index (χ1) is 4.43. The van der Waals surface area contributed by atoms with Crippen molar-refractivity contribution in [2.24, 2.45) is 0 Å². The van der Waals surface area contributed by atoms with E-state index >= 15 is 0 Å². The maximum atomic E-state index is 3.64. The molecule has 0 fully saturated rings. The summed E-state index contributed by atoms with van der Waals surface area (Å²) >= 11 is 0. The predicted molar refractivity (Wildman–Crippen MR) is 37.9 cm³/mol. The van der Waals surface area contributed by atoms with Gasteiger partial charge < -0.3 is 4.90 Å². The third kappa shape index (κ3) is 1.72. The molecule has 0 atom stereocenters. The van der Waals surface area contributed by atoms with Gasteiger partial charge in [0.05, 0.1) is 12.7 Å². The monoisotopic (exact) mass is 123 g/mol. The van der Waals surface area contributed by atoms with Gasteiger partial charge >= 0.3 is 0 Å². The lowest BCUT2D eigenvalue weighted by molar-refractivity contribution is -0.372. The van der Waals surface area contributed by atoms with Crippen LogP contribution in [-0.2, 0) is 0 Å². The summed E-state index contributed by atoms with van der Waals surface area (Å²) in [6.07, 6.45) is 7.82. The summed E-state index contributed by atoms with van der Waals surface area (Å²) in [5, 5.41) is 0. The van der Waals surface area contributed by atoms with Crippen LogP contribution in [0.3, 0.4) is 0 Å². The molecule has 9 heavy (non-hydrogen) atoms. The average molecular weight is 123 g/mol. The van der Waals surface area contributed by atoms with Crippen LogP contribution in [-0.4, -0.2) is 24.2 Å². The highest BCUT2D eigenvalue weighted by atomic mass is 15.1. The van der Waals surface area contributed by atoms with Crippen LogP contribution < -0.4 is 4.99 Å². The van der Waals surface area contributed by atoms with Crippen molar-refractivity contribution in [3.05, 3.63) is 25.1 Å². The molecule has 0 amide bonds. The molecule has 0 spiro atoms. The molecule has 1 heterocycles. The molecule has 0 radical (unpaired) electrons. The van der Waals surface area contributed by atoms with Crippen LogP contribution >= 0.6 is 0 Å². The van der Waals surface area contributed by atoms with E-state index in [2.05, 4.69) is 16.5 Å². The minimum atomic E-state index is 0.925. The van der Waals surface area contributed by atoms with Gasteiger partial charge in [-0.05, 0) is 0 Å². The van der Waals surface area contributed by atoms with Crippen LogP contribution in [0, 0.1) is 0 Å². The van der Waals surface area contributed by atoms with Gasteiger partial charge in [0.1, 0.15) is 0 Å². The summed E-state index contributed by atoms with van der Waals surface area (Å²) in [4.78, 5) is 5.15. The Morgan fingerprint density at radius 3 is 3.22 bits per heavy atom. The van der Waals surface area contributed by atoms with Crippen molar-refractivity contribution < 1.29 is 4.99 Å². The molecule has 0 aromatic rings. The van der Waals surface area contributed by atoms with Gasteiger partial charge in [0.15, 0.2) is 12.4 Å². The maximum absolute atomic E-state index is 3.64. The third-order valence-electron chi connectivity index (χ3n) is 1.19. The number of hydrogen-bond acceptors (Lipinski definition) is 1. The van der Waals surface area contributed by atoms with Crippen LogP contribution in [0.2, 0.25) is 0 Å². The predicted octanol–water partition coefficient (Wildman–Crippen LogP) is -0.889. The minimum absolute atomic E-state index is 0.925. The van der Waals surface area contributed by atoms with Crippen molar-refractivity contribution in [3.8, 4) is 0 Å². The molecule has 48 valence electrons. The molecule has 0 saturated heterocycles. The number of nitrogens with zero attached hydrogens (tertiary/aromatic N) is 1. The highest BCUT2D eigenvalue weighted by Crippen LogP contribution is 1.86. The first-order valence-electron chi connectivity index (χ1n) is 3.03. The lowest BCUT2D eigenvalue weighted by Crippen LogP contribution is -2.65. The van der Waals surface area contributed by atoms with Gasteiger partial charge in [0.2, 0.25) is 0 Å². The summed E-state index contributed by atoms with van der Waals surface area (Å²) in [5.41, 5.74) is 0. The van der Waals surface area contributed by atoms with E-state index in [1.165, 1.54) is 0 Å². The topological polar surface area (TPSA) is 17.2 Å². The molecule has 1 aliphatic heterocycles. The van der Waals surface area contributed by atoms with E-state index in [0.717, 1.165) is 13.1 Å². The van der Waals surface area contributed by atoms with Gasteiger partial charge in [-0.1, -0.05) is 6.08 Å². The van der Waals surface area contributed by atoms with Crippen molar-refractivity contribution >= 4 is 6.21 Å². The largest absolute Gasteiger partial charge is 0.359 e. The third-order valence-corrected chi connectivity index (χ3v) is 1.19. The Kier molecular flexibility index (Phi) is 2.07. The van der Waals surface area contributed by atoms with Crippen LogP contribution in [0.4, 0.5) is 0 Å². The zero-order chi connectivity index (χ0) is 6.53. The molecule has 2 nitrogen and oxygen atoms in total. The second-order valence-corrected chi connectivity index (χ2v) is 1.93. The Hall–Kier alpha value is -1.05. The quantitative estimate of drug-likeness (QED) is 0.471. The SMILES string of the molecule is C=CCN1C=C[NH+]=CC1. The summed E-state index contributed by atoms with van der Waals surface area (Å²) in [6.45, 7) is 5.53. The number of rotatable bonds is 2. The first kappa shape index (κ1) is 6.08. The molecule has 0 aromatic carbocycles. The fraction of sp³-hybridized carbons (Fsp3) is 0.286. The van der Waals surface area contributed by atoms with E-state index in [1.807, 2.05) is 24.7 Å². The molecule has 0 unspecified atom stereocenters. The number of nitrogens with one attached hydrogen (secondary N) is 1. The second-order valence-electron chi connectivity index (χ2n) is 1.93. The normalized spacial score (nSPS) is 16.2. The highest BCUT2D eigenvalue weighted by Gasteiger charge is 1.98. The second kappa shape index (κ2) is 3.07. The molecule has 1 rings (SSSR count). The van der Waals surface area contributed by atoms with Crippen molar-refractivity contribution in [2.45, 2.75) is 0 Å². The molecule has 1 aliphatic rings. The maximum Gasteiger partial charge on any atom is 0.182 e. The van der Waals surface area contributed by atoms with Gasteiger partial charge in [-0.3, -0.25) is 0 Å². The lowest BCUT2D eigenvalue weighted by Gasteiger charge is -2.13. The van der Waals surface area contributed by atoms with Crippen LogP contribution in [0.5, 0.6) is 0 Å². The molecular formula is C7H11N2+. The molecular weight excluding hydrogens is 112 g/mol. The Morgan fingerprint density at radius 2 is 2.67 bits per heavy atom. The molecule has 1 N–H and O–H groups in total. The van der Waals surface area contributed by atoms with Crippen molar-refractivity contribution in [1.82, 2.24) is 4.90 Å². The summed E-state index contributed by atoms with van der Waals surface area (Å²) in [5.74, 6) is 0. The fourth-order valence-electron chi connectivity index (χ4n) is 0.749. The molecule has 2 heteroatoms. The molecule has 0 aliphatic carbocycles. The molecule has 0 aromatic heterocycles. The van der Waals surface area contributed by atoms with E-state index in [9.17, 15) is 0 Å². The molecule has 0 bridgehead atoms. The van der Waals surface area contributed by atoms with Crippen molar-refractivity contribution in [2.75, 3.05) is 13.1 Å². The standard InChI is InChI=1S/C7H10N2/c1-2-5-9-6-3-8-4-7-9/h2-4,6H,1,5,7H2/p+1. The van der Waals surface area contributed by atoms with Gasteiger partial charge in [0, 0.05) is 6.54 Å². The molecule has 0 saturated carbocycles. The van der Waals surface area contributed by atoms with E-state index in [0.29, 0.717) is 0 Å². The van der Waals surface area contributed by atoms with E-state index in [4.69, 9.17) is 0 Å². The van der Waals surface area contributed by atoms with Gasteiger partial charge in [0.25, 0.3) is 0 Å². The van der Waals surface area contributed by atoms with Crippen LogP contribution in [0.25, 0.3) is 0 Å². The summed E-state index contributed by atoms with van der Waals surface area (Å²) in [7, 11) is 0. The lowest BCUT2D eigenvalue weighted by atomic mass is 10.5. The van der Waals surface area contributed by atoms with Crippen molar-refractivity contribution in [1.29, 1.82) is 0 Å². The zero-order valence-electron chi connectivity index (χ0n) is 5.38. The average Bonchev–Trinajstić information content (AvgIpc) is 1.91. The van der Waals surface area contributed by atoms with Gasteiger partial charge in [-0.25, -0.2) is 4.99 Å². The Bertz CT molecular complexity index is 145. The van der Waals surface area contributed by atoms with Gasteiger partial charge in [-0.2, -0.15) is 0 Å². The number of hydrogen-bond donors (Lipinski definition) is 1. The fourth-order valence-corrected chi connectivity index (χ4v) is 0.749. The van der Waals surface area contributed by atoms with Crippen molar-refractivity contribution in [3.63, 3.8) is 0 Å². The van der Waals surface area contributed by atoms with E-state index in [1.54, 1.807) is 0 Å². The summed E-state index contributed by atoms with van der Waals surface area (Å²) in [6, 6.07) is 0. The van der Waals surface area contributed by atoms with E-state index < -0.39 is 0 Å². The van der Waals surface area contributed by atoms with E-state index in [-0.39, 0.29) is 0 Å². The highest BCUT2D eigenvalue weighted by molar-refractivity contribution is 5.53. The summed E-state index contributed by atoms with van der Waals surface area (Å²) < 4.78 is 0. The minimum Gasteiger partial charge on any atom is -0.359 e.